The number of hydrogen-bond donors (Lipinski definition) is 0. The Hall–Kier alpha value is -4.43. The first kappa shape index (κ1) is 34.0. The molecule has 1 nitrogen and oxygen atoms in total. The van der Waals surface area contributed by atoms with Gasteiger partial charge in [-0.05, 0) is 51.9 Å². The van der Waals surface area contributed by atoms with E-state index in [2.05, 4.69) is 4.98 Å². The van der Waals surface area contributed by atoms with Gasteiger partial charge in [0, 0.05) is 0 Å². The number of nitrogens with zero attached hydrogens (tertiary/aromatic N) is 1. The van der Waals surface area contributed by atoms with Crippen LogP contribution in [0, 0.1) is 3.57 Å². The Kier molecular flexibility index (Phi) is 8.66. The Morgan fingerprint density at radius 2 is 0.900 bits per heavy atom. The van der Waals surface area contributed by atoms with Crippen LogP contribution in [0.5, 0.6) is 0 Å². The molecule has 6 aromatic carbocycles. The van der Waals surface area contributed by atoms with Crippen molar-refractivity contribution in [2.45, 2.75) is 16.5 Å². The van der Waals surface area contributed by atoms with Crippen molar-refractivity contribution in [3.8, 4) is 44.0 Å². The third-order valence-electron chi connectivity index (χ3n) is 8.01. The molecule has 0 spiro atoms. The monoisotopic (exact) mass is 820 g/mol. The second-order valence-corrected chi connectivity index (χ2v) is 15.4. The van der Waals surface area contributed by atoms with E-state index < -0.39 is 48.9 Å². The SMILES string of the molecule is FC(F)(F)[I-]c1ccc2nc(-c3ccc(-c4ccc5cc(-c6ccc(-c7cc(C(F)(F)F)cc(C(F)(F)F)c7)cc6)ccc5c4)cc3)sc2c1. The number of fused-ring (bicyclic) bond motifs is 2. The first-order chi connectivity index (χ1) is 23.6. The van der Waals surface area contributed by atoms with Crippen molar-refractivity contribution >= 4 is 32.3 Å². The minimum atomic E-state index is -4.93. The summed E-state index contributed by atoms with van der Waals surface area (Å²) < 4.78 is 116. The van der Waals surface area contributed by atoms with Gasteiger partial charge in [-0.15, -0.1) is 0 Å². The zero-order valence-electron chi connectivity index (χ0n) is 25.2. The summed E-state index contributed by atoms with van der Waals surface area (Å²) >= 11 is -0.739. The summed E-state index contributed by atoms with van der Waals surface area (Å²) in [6.07, 6.45) is -9.86. The molecular weight excluding hydrogens is 800 g/mol. The quantitative estimate of drug-likeness (QED) is 0.0958. The molecule has 1 aromatic heterocycles. The molecule has 0 fully saturated rings. The number of benzene rings is 6. The van der Waals surface area contributed by atoms with E-state index in [-0.39, 0.29) is 17.2 Å². The normalized spacial score (nSPS) is 12.7. The summed E-state index contributed by atoms with van der Waals surface area (Å²) in [5, 5.41) is 2.61. The van der Waals surface area contributed by atoms with Gasteiger partial charge in [0.1, 0.15) is 0 Å². The van der Waals surface area contributed by atoms with E-state index in [9.17, 15) is 39.5 Å². The zero-order valence-corrected chi connectivity index (χ0v) is 28.2. The molecule has 254 valence electrons. The first-order valence-corrected chi connectivity index (χ1v) is 17.7. The number of rotatable bonds is 5. The van der Waals surface area contributed by atoms with Crippen LogP contribution >= 0.6 is 11.3 Å². The van der Waals surface area contributed by atoms with Crippen molar-refractivity contribution in [1.82, 2.24) is 4.98 Å². The van der Waals surface area contributed by atoms with Crippen LogP contribution in [0.3, 0.4) is 0 Å². The van der Waals surface area contributed by atoms with Crippen molar-refractivity contribution in [1.29, 1.82) is 0 Å². The summed E-state index contributed by atoms with van der Waals surface area (Å²) in [6.45, 7) is 0. The minimum absolute atomic E-state index is 0.113. The molecule has 0 atom stereocenters. The maximum atomic E-state index is 13.4. The predicted octanol–water partition coefficient (Wildman–Crippen LogP) is 9.93. The van der Waals surface area contributed by atoms with Gasteiger partial charge in [0.15, 0.2) is 0 Å². The summed E-state index contributed by atoms with van der Waals surface area (Å²) in [7, 11) is 0. The van der Waals surface area contributed by atoms with Gasteiger partial charge in [-0.3, -0.25) is 0 Å². The second-order valence-electron chi connectivity index (χ2n) is 11.4. The van der Waals surface area contributed by atoms with E-state index in [4.69, 9.17) is 0 Å². The zero-order chi connectivity index (χ0) is 35.4. The van der Waals surface area contributed by atoms with E-state index in [0.29, 0.717) is 30.9 Å². The molecule has 0 N–H and O–H groups in total. The number of aromatic nitrogens is 1. The second kappa shape index (κ2) is 12.7. The van der Waals surface area contributed by atoms with Gasteiger partial charge in [-0.25, -0.2) is 0 Å². The van der Waals surface area contributed by atoms with Crippen LogP contribution < -0.4 is 21.2 Å². The van der Waals surface area contributed by atoms with E-state index >= 15 is 0 Å². The fraction of sp³-hybridized carbons (Fsp3) is 0.0789. The van der Waals surface area contributed by atoms with Crippen molar-refractivity contribution < 1.29 is 60.7 Å². The molecule has 50 heavy (non-hydrogen) atoms. The van der Waals surface area contributed by atoms with Gasteiger partial charge in [0.2, 0.25) is 0 Å². The van der Waals surface area contributed by atoms with Crippen molar-refractivity contribution in [3.63, 3.8) is 0 Å². The van der Waals surface area contributed by atoms with Gasteiger partial charge < -0.3 is 0 Å². The van der Waals surface area contributed by atoms with Crippen molar-refractivity contribution in [2.24, 2.45) is 0 Å². The Morgan fingerprint density at radius 3 is 1.38 bits per heavy atom. The summed E-state index contributed by atoms with van der Waals surface area (Å²) in [6, 6.07) is 32.1. The topological polar surface area (TPSA) is 12.9 Å². The van der Waals surface area contributed by atoms with Crippen LogP contribution in [0.4, 0.5) is 39.5 Å². The fourth-order valence-electron chi connectivity index (χ4n) is 5.59. The molecule has 0 saturated heterocycles. The van der Waals surface area contributed by atoms with Crippen LogP contribution in [-0.4, -0.2) is 9.17 Å². The molecule has 0 unspecified atom stereocenters. The summed E-state index contributed by atoms with van der Waals surface area (Å²) in [4.78, 5) is 4.61. The molecule has 0 aliphatic carbocycles. The molecule has 7 aromatic rings. The van der Waals surface area contributed by atoms with E-state index in [0.717, 1.165) is 38.6 Å². The molecular formula is C38H20F9INS-. The summed E-state index contributed by atoms with van der Waals surface area (Å²) in [5.41, 5.74) is 2.30. The molecule has 0 bridgehead atoms. The van der Waals surface area contributed by atoms with Gasteiger partial charge in [0.05, 0.1) is 11.1 Å². The molecule has 7 rings (SSSR count). The van der Waals surface area contributed by atoms with Crippen LogP contribution in [0.25, 0.3) is 64.9 Å². The Labute approximate surface area is 293 Å². The van der Waals surface area contributed by atoms with Crippen LogP contribution in [0.2, 0.25) is 0 Å². The Balaban J connectivity index is 1.10. The standard InChI is InChI=1S/C38H20F9INS/c39-36(40,41)30-17-29(18-31(19-30)37(42,43)44)23-3-1-21(2-4-23)25-9-11-28-16-26(10-12-27(28)15-25)22-5-7-24(8-6-22)35-49-33-14-13-32(20-34(33)50-35)48-38(45,46)47/h1-20H/q-1. The first-order valence-electron chi connectivity index (χ1n) is 14.8. The van der Waals surface area contributed by atoms with Gasteiger partial charge in [-0.2, -0.15) is 26.3 Å². The fourth-order valence-corrected chi connectivity index (χ4v) is 8.35. The molecule has 0 radical (unpaired) electrons. The maximum absolute atomic E-state index is 13.4. The van der Waals surface area contributed by atoms with Crippen LogP contribution in [0.1, 0.15) is 11.1 Å². The Bertz CT molecular complexity index is 2320. The van der Waals surface area contributed by atoms with Crippen molar-refractivity contribution in [2.75, 3.05) is 0 Å². The van der Waals surface area contributed by atoms with Gasteiger partial charge in [0.25, 0.3) is 0 Å². The van der Waals surface area contributed by atoms with E-state index in [1.54, 1.807) is 24.3 Å². The molecule has 1 heterocycles. The number of halogens is 10. The molecule has 12 heteroatoms. The van der Waals surface area contributed by atoms with E-state index in [1.165, 1.54) is 29.5 Å². The van der Waals surface area contributed by atoms with Crippen LogP contribution in [0.15, 0.2) is 121 Å². The third kappa shape index (κ3) is 7.36. The average Bonchev–Trinajstić information content (AvgIpc) is 3.50. The van der Waals surface area contributed by atoms with Crippen LogP contribution in [-0.2, 0) is 12.4 Å². The van der Waals surface area contributed by atoms with Gasteiger partial charge in [-0.1, -0.05) is 36.4 Å². The molecule has 0 aliphatic rings. The van der Waals surface area contributed by atoms with E-state index in [1.807, 2.05) is 60.7 Å². The number of thiazole rings is 1. The predicted molar refractivity (Wildman–Crippen MR) is 174 cm³/mol. The molecule has 0 amide bonds. The average molecular weight is 821 g/mol. The summed E-state index contributed by atoms with van der Waals surface area (Å²) in [5.74, 6) is 0. The van der Waals surface area contributed by atoms with Gasteiger partial charge >= 0.3 is 169 Å². The Morgan fingerprint density at radius 1 is 0.440 bits per heavy atom. The number of hydrogen-bond acceptors (Lipinski definition) is 2. The molecule has 0 aliphatic heterocycles. The third-order valence-corrected chi connectivity index (χ3v) is 11.0. The number of alkyl halides is 10. The van der Waals surface area contributed by atoms with Crippen molar-refractivity contribution in [3.05, 3.63) is 136 Å². The molecule has 0 saturated carbocycles.